The minimum Gasteiger partial charge on any atom is -0.373 e. The van der Waals surface area contributed by atoms with E-state index in [-0.39, 0.29) is 24.0 Å². The van der Waals surface area contributed by atoms with E-state index in [0.717, 1.165) is 19.7 Å². The molecule has 4 heteroatoms. The monoisotopic (exact) mass is 242 g/mol. The highest BCUT2D eigenvalue weighted by Gasteiger charge is 2.30. The molecule has 1 aliphatic rings. The number of carbonyl (C=O) groups excluding carboxylic acids is 1. The lowest BCUT2D eigenvalue weighted by Crippen LogP contribution is -2.55. The molecule has 1 aliphatic heterocycles. The van der Waals surface area contributed by atoms with E-state index >= 15 is 0 Å². The van der Waals surface area contributed by atoms with Crippen LogP contribution in [-0.2, 0) is 9.53 Å². The lowest BCUT2D eigenvalue weighted by Gasteiger charge is -2.37. The van der Waals surface area contributed by atoms with Crippen molar-refractivity contribution in [3.63, 3.8) is 0 Å². The van der Waals surface area contributed by atoms with E-state index in [4.69, 9.17) is 4.74 Å². The second-order valence-electron chi connectivity index (χ2n) is 5.60. The summed E-state index contributed by atoms with van der Waals surface area (Å²) in [4.78, 5) is 14.1. The van der Waals surface area contributed by atoms with E-state index in [1.165, 1.54) is 0 Å². The fourth-order valence-corrected chi connectivity index (χ4v) is 2.05. The Morgan fingerprint density at radius 1 is 1.35 bits per heavy atom. The fraction of sp³-hybridized carbons (Fsp3) is 0.923. The summed E-state index contributed by atoms with van der Waals surface area (Å²) >= 11 is 0. The van der Waals surface area contributed by atoms with Gasteiger partial charge in [0.05, 0.1) is 18.8 Å². The third kappa shape index (κ3) is 4.28. The molecule has 0 radical (unpaired) electrons. The maximum atomic E-state index is 11.8. The Hall–Kier alpha value is -0.610. The van der Waals surface area contributed by atoms with Gasteiger partial charge in [-0.1, -0.05) is 27.7 Å². The van der Waals surface area contributed by atoms with Crippen molar-refractivity contribution in [2.24, 2.45) is 11.8 Å². The predicted molar refractivity (Wildman–Crippen MR) is 68.8 cm³/mol. The van der Waals surface area contributed by atoms with Gasteiger partial charge in [0.25, 0.3) is 0 Å². The number of nitrogens with one attached hydrogen (secondary N) is 1. The van der Waals surface area contributed by atoms with E-state index in [0.29, 0.717) is 5.92 Å². The van der Waals surface area contributed by atoms with Crippen molar-refractivity contribution < 1.29 is 9.53 Å². The van der Waals surface area contributed by atoms with Gasteiger partial charge in [-0.25, -0.2) is 0 Å². The Balaban J connectivity index is 2.61. The Bertz CT molecular complexity index is 254. The van der Waals surface area contributed by atoms with Crippen molar-refractivity contribution in [3.8, 4) is 0 Å². The van der Waals surface area contributed by atoms with Gasteiger partial charge in [-0.15, -0.1) is 0 Å². The molecule has 0 bridgehead atoms. The molecule has 0 aromatic carbocycles. The third-order valence-corrected chi connectivity index (χ3v) is 3.25. The quantitative estimate of drug-likeness (QED) is 0.803. The largest absolute Gasteiger partial charge is 0.373 e. The molecule has 4 nitrogen and oxygen atoms in total. The first kappa shape index (κ1) is 14.5. The first-order valence-electron chi connectivity index (χ1n) is 6.52. The lowest BCUT2D eigenvalue weighted by molar-refractivity contribution is -0.127. The van der Waals surface area contributed by atoms with Crippen LogP contribution in [0.15, 0.2) is 0 Å². The number of hydrogen-bond acceptors (Lipinski definition) is 3. The third-order valence-electron chi connectivity index (χ3n) is 3.25. The second-order valence-corrected chi connectivity index (χ2v) is 5.60. The summed E-state index contributed by atoms with van der Waals surface area (Å²) in [5.74, 6) is 0.521. The van der Waals surface area contributed by atoms with Gasteiger partial charge in [-0.2, -0.15) is 0 Å². The standard InChI is InChI=1S/C13H26N2O2/c1-9(2)12(14-13(16)10(3)4)11-8-15(5)6-7-17-11/h9-12H,6-8H2,1-5H3,(H,14,16)/t11-,12-/m0/s1. The SMILES string of the molecule is CC(C)C(=O)N[C@@H](C(C)C)[C@@H]1CN(C)CCO1. The number of nitrogens with zero attached hydrogens (tertiary/aromatic N) is 1. The smallest absolute Gasteiger partial charge is 0.222 e. The van der Waals surface area contributed by atoms with E-state index in [9.17, 15) is 4.79 Å². The van der Waals surface area contributed by atoms with Crippen LogP contribution in [0, 0.1) is 11.8 Å². The topological polar surface area (TPSA) is 41.6 Å². The van der Waals surface area contributed by atoms with E-state index in [2.05, 4.69) is 31.1 Å². The molecule has 17 heavy (non-hydrogen) atoms. The molecular weight excluding hydrogens is 216 g/mol. The number of morpholine rings is 1. The molecule has 2 atom stereocenters. The number of amides is 1. The summed E-state index contributed by atoms with van der Waals surface area (Å²) in [5.41, 5.74) is 0. The summed E-state index contributed by atoms with van der Waals surface area (Å²) in [7, 11) is 2.09. The van der Waals surface area contributed by atoms with E-state index in [1.54, 1.807) is 0 Å². The molecular formula is C13H26N2O2. The van der Waals surface area contributed by atoms with Crippen LogP contribution in [0.1, 0.15) is 27.7 Å². The molecule has 0 spiro atoms. The number of carbonyl (C=O) groups is 1. The molecule has 1 saturated heterocycles. The molecule has 0 aromatic rings. The highest BCUT2D eigenvalue weighted by Crippen LogP contribution is 2.15. The van der Waals surface area contributed by atoms with Gasteiger partial charge >= 0.3 is 0 Å². The van der Waals surface area contributed by atoms with Gasteiger partial charge in [-0.3, -0.25) is 4.79 Å². The zero-order valence-corrected chi connectivity index (χ0v) is 11.7. The normalized spacial score (nSPS) is 24.1. The predicted octanol–water partition coefficient (Wildman–Crippen LogP) is 1.11. The van der Waals surface area contributed by atoms with Gasteiger partial charge in [-0.05, 0) is 13.0 Å². The van der Waals surface area contributed by atoms with Crippen molar-refractivity contribution in [1.82, 2.24) is 10.2 Å². The fourth-order valence-electron chi connectivity index (χ4n) is 2.05. The molecule has 1 N–H and O–H groups in total. The van der Waals surface area contributed by atoms with Crippen LogP contribution in [0.2, 0.25) is 0 Å². The second kappa shape index (κ2) is 6.36. The minimum atomic E-state index is 0.0255. The van der Waals surface area contributed by atoms with Gasteiger partial charge in [0.15, 0.2) is 0 Å². The molecule has 0 saturated carbocycles. The minimum absolute atomic E-state index is 0.0255. The molecule has 1 rings (SSSR count). The zero-order valence-electron chi connectivity index (χ0n) is 11.7. The number of hydrogen-bond donors (Lipinski definition) is 1. The first-order chi connectivity index (χ1) is 7.91. The summed E-state index contributed by atoms with van der Waals surface area (Å²) in [6.45, 7) is 10.7. The van der Waals surface area contributed by atoms with Crippen molar-refractivity contribution in [2.45, 2.75) is 39.8 Å². The van der Waals surface area contributed by atoms with E-state index < -0.39 is 0 Å². The van der Waals surface area contributed by atoms with Crippen molar-refractivity contribution in [1.29, 1.82) is 0 Å². The summed E-state index contributed by atoms with van der Waals surface area (Å²) in [5, 5.41) is 3.12. The van der Waals surface area contributed by atoms with Crippen molar-refractivity contribution in [2.75, 3.05) is 26.7 Å². The van der Waals surface area contributed by atoms with Crippen LogP contribution in [-0.4, -0.2) is 49.7 Å². The molecule has 1 amide bonds. The summed E-state index contributed by atoms with van der Waals surface area (Å²) in [6.07, 6.45) is 0.108. The van der Waals surface area contributed by atoms with Crippen LogP contribution in [0.25, 0.3) is 0 Å². The lowest BCUT2D eigenvalue weighted by atomic mass is 9.96. The molecule has 100 valence electrons. The number of likely N-dealkylation sites (N-methyl/N-ethyl adjacent to an activating group) is 1. The Morgan fingerprint density at radius 3 is 2.47 bits per heavy atom. The highest BCUT2D eigenvalue weighted by atomic mass is 16.5. The summed E-state index contributed by atoms with van der Waals surface area (Å²) < 4.78 is 5.80. The van der Waals surface area contributed by atoms with Crippen LogP contribution in [0.4, 0.5) is 0 Å². The molecule has 1 fully saturated rings. The molecule has 0 unspecified atom stereocenters. The average Bonchev–Trinajstić information content (AvgIpc) is 2.24. The molecule has 0 aliphatic carbocycles. The van der Waals surface area contributed by atoms with E-state index in [1.807, 2.05) is 13.8 Å². The molecule has 0 aromatic heterocycles. The average molecular weight is 242 g/mol. The van der Waals surface area contributed by atoms with Crippen LogP contribution >= 0.6 is 0 Å². The highest BCUT2D eigenvalue weighted by molar-refractivity contribution is 5.78. The van der Waals surface area contributed by atoms with Crippen LogP contribution in [0.5, 0.6) is 0 Å². The Labute approximate surface area is 105 Å². The maximum Gasteiger partial charge on any atom is 0.222 e. The van der Waals surface area contributed by atoms with Crippen LogP contribution in [0.3, 0.4) is 0 Å². The molecule has 1 heterocycles. The van der Waals surface area contributed by atoms with Crippen LogP contribution < -0.4 is 5.32 Å². The first-order valence-corrected chi connectivity index (χ1v) is 6.52. The van der Waals surface area contributed by atoms with Gasteiger partial charge in [0.1, 0.15) is 0 Å². The maximum absolute atomic E-state index is 11.8. The Morgan fingerprint density at radius 2 is 2.00 bits per heavy atom. The zero-order chi connectivity index (χ0) is 13.0. The van der Waals surface area contributed by atoms with Crippen molar-refractivity contribution >= 4 is 5.91 Å². The summed E-state index contributed by atoms with van der Waals surface area (Å²) in [6, 6.07) is 0.104. The number of ether oxygens (including phenoxy) is 1. The van der Waals surface area contributed by atoms with Gasteiger partial charge < -0.3 is 15.0 Å². The Kier molecular flexibility index (Phi) is 5.40. The van der Waals surface area contributed by atoms with Gasteiger partial charge in [0.2, 0.25) is 5.91 Å². The van der Waals surface area contributed by atoms with Crippen molar-refractivity contribution in [3.05, 3.63) is 0 Å². The van der Waals surface area contributed by atoms with Gasteiger partial charge in [0, 0.05) is 19.0 Å². The number of rotatable bonds is 4.